The maximum atomic E-state index is 5.84. The summed E-state index contributed by atoms with van der Waals surface area (Å²) in [5.74, 6) is 0. The normalized spacial score (nSPS) is 11.9. The predicted molar refractivity (Wildman–Crippen MR) is 63.1 cm³/mol. The van der Waals surface area contributed by atoms with Crippen molar-refractivity contribution in [2.45, 2.75) is 0 Å². The number of hydrogen-bond acceptors (Lipinski definition) is 3. The van der Waals surface area contributed by atoms with E-state index in [4.69, 9.17) is 23.2 Å². The Labute approximate surface area is 98.3 Å². The van der Waals surface area contributed by atoms with E-state index in [2.05, 4.69) is 37.1 Å². The van der Waals surface area contributed by atoms with Crippen LogP contribution in [0.5, 0.6) is 0 Å². The van der Waals surface area contributed by atoms with E-state index in [0.717, 1.165) is 5.39 Å². The maximum Gasteiger partial charge on any atom is 0.225 e. The fourth-order valence-electron chi connectivity index (χ4n) is 0.911. The highest BCUT2D eigenvalue weighted by Crippen LogP contribution is 2.29. The Morgan fingerprint density at radius 3 is 2.85 bits per heavy atom. The van der Waals surface area contributed by atoms with Crippen LogP contribution < -0.4 is 0 Å². The molecule has 2 aromatic rings. The van der Waals surface area contributed by atoms with Gasteiger partial charge >= 0.3 is 0 Å². The van der Waals surface area contributed by atoms with Crippen LogP contribution in [0.15, 0.2) is 6.20 Å². The van der Waals surface area contributed by atoms with Crippen LogP contribution in [0.4, 0.5) is 0 Å². The average Bonchev–Trinajstić information content (AvgIpc) is 2.47. The van der Waals surface area contributed by atoms with E-state index in [1.54, 1.807) is 10.6 Å². The number of fused-ring (bicyclic) bond motifs is 1. The molecule has 13 heavy (non-hydrogen) atoms. The molecule has 1 atom stereocenters. The lowest BCUT2D eigenvalue weighted by Crippen LogP contribution is -1.89. The Bertz CT molecular complexity index is 459. The van der Waals surface area contributed by atoms with Gasteiger partial charge in [0.25, 0.3) is 0 Å². The molecule has 8 heteroatoms. The first kappa shape index (κ1) is 9.83. The fraction of sp³-hybridized carbons (Fsp3) is 0. The maximum absolute atomic E-state index is 5.84. The van der Waals surface area contributed by atoms with Crippen LogP contribution >= 0.6 is 51.6 Å². The highest BCUT2D eigenvalue weighted by Gasteiger charge is 2.09. The van der Waals surface area contributed by atoms with Gasteiger partial charge in [-0.2, -0.15) is 10.1 Å². The van der Waals surface area contributed by atoms with Gasteiger partial charge in [0.05, 0.1) is 18.0 Å². The van der Waals surface area contributed by atoms with E-state index in [0.29, 0.717) is 17.2 Å². The molecule has 2 rings (SSSR count). The molecule has 1 unspecified atom stereocenters. The van der Waals surface area contributed by atoms with Crippen molar-refractivity contribution in [1.82, 2.24) is 19.5 Å². The van der Waals surface area contributed by atoms with Crippen LogP contribution in [0.1, 0.15) is 0 Å². The first-order valence-electron chi connectivity index (χ1n) is 3.16. The molecular formula is C5H2Cl2IN4P. The van der Waals surface area contributed by atoms with Crippen molar-refractivity contribution in [2.75, 3.05) is 0 Å². The summed E-state index contributed by atoms with van der Waals surface area (Å²) in [6.07, 6.45) is 2.11. The van der Waals surface area contributed by atoms with E-state index in [-0.39, 0.29) is 5.28 Å². The summed E-state index contributed by atoms with van der Waals surface area (Å²) in [5, 5.41) is 5.31. The minimum Gasteiger partial charge on any atom is -0.219 e. The highest BCUT2D eigenvalue weighted by atomic mass is 127. The second kappa shape index (κ2) is 3.81. The second-order valence-electron chi connectivity index (χ2n) is 2.16. The van der Waals surface area contributed by atoms with E-state index < -0.39 is 0 Å². The van der Waals surface area contributed by atoms with E-state index in [9.17, 15) is 0 Å². The molecule has 2 heterocycles. The summed E-state index contributed by atoms with van der Waals surface area (Å²) >= 11 is 13.7. The molecule has 0 saturated heterocycles. The summed E-state index contributed by atoms with van der Waals surface area (Å²) < 4.78 is 1.73. The fourth-order valence-corrected chi connectivity index (χ4v) is 2.74. The lowest BCUT2D eigenvalue weighted by Gasteiger charge is -1.96. The molecule has 2 aromatic heterocycles. The highest BCUT2D eigenvalue weighted by molar-refractivity contribution is 14.2. The number of hydrogen-bond donors (Lipinski definition) is 0. The topological polar surface area (TPSA) is 43.6 Å². The molecule has 0 spiro atoms. The molecule has 0 aliphatic rings. The summed E-state index contributed by atoms with van der Waals surface area (Å²) in [6.45, 7) is 0. The zero-order valence-electron chi connectivity index (χ0n) is 6.00. The molecule has 4 nitrogen and oxygen atoms in total. The summed E-state index contributed by atoms with van der Waals surface area (Å²) in [6, 6.07) is 0. The molecule has 0 saturated carbocycles. The molecule has 0 aliphatic carbocycles. The number of nitrogens with zero attached hydrogens (tertiary/aromatic N) is 4. The lowest BCUT2D eigenvalue weighted by atomic mass is 10.4. The first-order chi connectivity index (χ1) is 6.22. The average molecular weight is 347 g/mol. The van der Waals surface area contributed by atoms with Crippen molar-refractivity contribution in [3.63, 3.8) is 0 Å². The molecule has 0 N–H and O–H groups in total. The third-order valence-corrected chi connectivity index (χ3v) is 3.75. The van der Waals surface area contributed by atoms with Gasteiger partial charge in [0.2, 0.25) is 5.28 Å². The molecule has 0 fully saturated rings. The Morgan fingerprint density at radius 2 is 2.15 bits per heavy atom. The zero-order valence-corrected chi connectivity index (χ0v) is 10.7. The van der Waals surface area contributed by atoms with E-state index in [1.807, 2.05) is 0 Å². The molecule has 0 amide bonds. The van der Waals surface area contributed by atoms with Gasteiger partial charge in [-0.3, -0.25) is 0 Å². The second-order valence-corrected chi connectivity index (χ2v) is 4.90. The Morgan fingerprint density at radius 1 is 1.38 bits per heavy atom. The van der Waals surface area contributed by atoms with Gasteiger partial charge in [0, 0.05) is 0 Å². The summed E-state index contributed by atoms with van der Waals surface area (Å²) in [5.41, 5.74) is 0.678. The van der Waals surface area contributed by atoms with Gasteiger partial charge in [-0.05, 0) is 33.6 Å². The van der Waals surface area contributed by atoms with Crippen LogP contribution in [0, 0.1) is 0 Å². The van der Waals surface area contributed by atoms with Crippen LogP contribution in [0.25, 0.3) is 11.0 Å². The summed E-state index contributed by atoms with van der Waals surface area (Å²) in [4.78, 5) is 7.86. The van der Waals surface area contributed by atoms with Crippen molar-refractivity contribution >= 4 is 62.7 Å². The van der Waals surface area contributed by atoms with Crippen molar-refractivity contribution in [1.29, 1.82) is 0 Å². The Balaban J connectivity index is 2.82. The number of aromatic nitrogens is 4. The molecule has 0 radical (unpaired) electrons. The van der Waals surface area contributed by atoms with Crippen molar-refractivity contribution < 1.29 is 0 Å². The molecule has 0 aliphatic heterocycles. The smallest absolute Gasteiger partial charge is 0.219 e. The van der Waals surface area contributed by atoms with Crippen LogP contribution in [-0.2, 0) is 0 Å². The SMILES string of the molecule is Clc1nc(Cl)c2cnn(PI)c2n1. The van der Waals surface area contributed by atoms with Crippen LogP contribution in [-0.4, -0.2) is 19.5 Å². The van der Waals surface area contributed by atoms with Crippen molar-refractivity contribution in [3.8, 4) is 0 Å². The van der Waals surface area contributed by atoms with E-state index >= 15 is 0 Å². The third kappa shape index (κ3) is 1.75. The molecule has 0 aromatic carbocycles. The number of rotatable bonds is 1. The van der Waals surface area contributed by atoms with Crippen molar-refractivity contribution in [2.24, 2.45) is 0 Å². The van der Waals surface area contributed by atoms with Gasteiger partial charge in [-0.15, -0.1) is 0 Å². The van der Waals surface area contributed by atoms with Gasteiger partial charge < -0.3 is 0 Å². The first-order valence-corrected chi connectivity index (χ1v) is 7.97. The Kier molecular flexibility index (Phi) is 2.88. The zero-order chi connectivity index (χ0) is 9.42. The predicted octanol–water partition coefficient (Wildman–Crippen LogP) is 2.92. The van der Waals surface area contributed by atoms with Gasteiger partial charge in [-0.25, -0.2) is 9.44 Å². The monoisotopic (exact) mass is 346 g/mol. The number of halogens is 3. The van der Waals surface area contributed by atoms with Gasteiger partial charge in [0.15, 0.2) is 5.65 Å². The summed E-state index contributed by atoms with van der Waals surface area (Å²) in [7, 11) is 0. The van der Waals surface area contributed by atoms with Crippen molar-refractivity contribution in [3.05, 3.63) is 16.6 Å². The minimum atomic E-state index is 0.147. The molecule has 68 valence electrons. The largest absolute Gasteiger partial charge is 0.225 e. The van der Waals surface area contributed by atoms with Gasteiger partial charge in [-0.1, -0.05) is 11.6 Å². The lowest BCUT2D eigenvalue weighted by molar-refractivity contribution is 1.02. The van der Waals surface area contributed by atoms with Gasteiger partial charge in [0.1, 0.15) is 5.15 Å². The third-order valence-electron chi connectivity index (χ3n) is 1.43. The standard InChI is InChI=1S/C5H2Cl2IN4P/c6-3-2-1-9-12(13-8)4(2)11-5(7)10-3/h1,13H. The van der Waals surface area contributed by atoms with Crippen LogP contribution in [0.3, 0.4) is 0 Å². The molecule has 0 bridgehead atoms. The molecular weight excluding hydrogens is 345 g/mol. The van der Waals surface area contributed by atoms with E-state index in [1.165, 1.54) is 0 Å². The minimum absolute atomic E-state index is 0.147. The Hall–Kier alpha value is 0.290. The quantitative estimate of drug-likeness (QED) is 0.345. The van der Waals surface area contributed by atoms with Crippen LogP contribution in [0.2, 0.25) is 10.4 Å².